The fourth-order valence-electron chi connectivity index (χ4n) is 1.73. The molecule has 0 aliphatic heterocycles. The molecule has 4 heteroatoms. The Balaban J connectivity index is 2.09. The first-order valence-electron chi connectivity index (χ1n) is 5.90. The lowest BCUT2D eigenvalue weighted by Crippen LogP contribution is -2.00. The molecule has 0 fully saturated rings. The number of rotatable bonds is 5. The number of hydrogen-bond donors (Lipinski definition) is 0. The number of hydrogen-bond acceptors (Lipinski definition) is 4. The highest BCUT2D eigenvalue weighted by Gasteiger charge is 2.04. The highest BCUT2D eigenvalue weighted by molar-refractivity contribution is 5.71. The van der Waals surface area contributed by atoms with Crippen LogP contribution in [0.1, 0.15) is 21.6 Å². The van der Waals surface area contributed by atoms with Crippen molar-refractivity contribution in [3.05, 3.63) is 53.3 Å². The molecule has 0 spiro atoms. The minimum Gasteiger partial charge on any atom is -0.496 e. The van der Waals surface area contributed by atoms with E-state index in [2.05, 4.69) is 4.98 Å². The number of nitrogens with zero attached hydrogens (tertiary/aromatic N) is 1. The lowest BCUT2D eigenvalue weighted by Gasteiger charge is -2.11. The van der Waals surface area contributed by atoms with E-state index in [1.54, 1.807) is 19.2 Å². The first-order valence-corrected chi connectivity index (χ1v) is 5.90. The zero-order valence-electron chi connectivity index (χ0n) is 10.9. The normalized spacial score (nSPS) is 10.0. The van der Waals surface area contributed by atoms with Crippen molar-refractivity contribution in [3.8, 4) is 11.5 Å². The number of aldehydes is 1. The maximum absolute atomic E-state index is 10.5. The number of ether oxygens (including phenoxy) is 2. The molecule has 0 amide bonds. The fourth-order valence-corrected chi connectivity index (χ4v) is 1.73. The van der Waals surface area contributed by atoms with Crippen molar-refractivity contribution in [1.29, 1.82) is 0 Å². The maximum Gasteiger partial charge on any atom is 0.168 e. The van der Waals surface area contributed by atoms with Gasteiger partial charge in [-0.25, -0.2) is 4.98 Å². The zero-order valence-corrected chi connectivity index (χ0v) is 10.9. The third kappa shape index (κ3) is 3.31. The van der Waals surface area contributed by atoms with Crippen LogP contribution in [0.4, 0.5) is 0 Å². The van der Waals surface area contributed by atoms with Gasteiger partial charge in [0.25, 0.3) is 0 Å². The molecule has 0 radical (unpaired) electrons. The molecule has 98 valence electrons. The molecule has 0 aliphatic carbocycles. The molecule has 2 rings (SSSR count). The highest BCUT2D eigenvalue weighted by atomic mass is 16.5. The van der Waals surface area contributed by atoms with Gasteiger partial charge in [0.2, 0.25) is 0 Å². The molecule has 0 N–H and O–H groups in total. The van der Waals surface area contributed by atoms with Crippen LogP contribution in [0.2, 0.25) is 0 Å². The third-order valence-electron chi connectivity index (χ3n) is 2.71. The average molecular weight is 257 g/mol. The first kappa shape index (κ1) is 13.1. The molecule has 0 bridgehead atoms. The topological polar surface area (TPSA) is 48.4 Å². The third-order valence-corrected chi connectivity index (χ3v) is 2.71. The number of carbonyl (C=O) groups is 1. The summed E-state index contributed by atoms with van der Waals surface area (Å²) in [5, 5.41) is 0. The van der Waals surface area contributed by atoms with Gasteiger partial charge in [0.15, 0.2) is 6.29 Å². The van der Waals surface area contributed by atoms with Crippen LogP contribution in [0, 0.1) is 6.92 Å². The van der Waals surface area contributed by atoms with Gasteiger partial charge in [-0.2, -0.15) is 0 Å². The Morgan fingerprint density at radius 1 is 1.26 bits per heavy atom. The second-order valence-electron chi connectivity index (χ2n) is 4.14. The van der Waals surface area contributed by atoms with E-state index in [1.165, 1.54) is 6.20 Å². The molecule has 4 nitrogen and oxygen atoms in total. The van der Waals surface area contributed by atoms with Crippen molar-refractivity contribution < 1.29 is 14.3 Å². The Hall–Kier alpha value is -2.36. The van der Waals surface area contributed by atoms with Crippen molar-refractivity contribution in [2.45, 2.75) is 13.5 Å². The van der Waals surface area contributed by atoms with Crippen LogP contribution in [0.3, 0.4) is 0 Å². The summed E-state index contributed by atoms with van der Waals surface area (Å²) >= 11 is 0. The Labute approximate surface area is 112 Å². The first-order chi connectivity index (χ1) is 9.22. The number of benzene rings is 1. The van der Waals surface area contributed by atoms with Gasteiger partial charge in [-0.15, -0.1) is 0 Å². The quantitative estimate of drug-likeness (QED) is 0.773. The van der Waals surface area contributed by atoms with Gasteiger partial charge in [-0.05, 0) is 31.2 Å². The number of pyridine rings is 1. The molecule has 0 saturated carbocycles. The van der Waals surface area contributed by atoms with E-state index in [9.17, 15) is 4.79 Å². The van der Waals surface area contributed by atoms with E-state index < -0.39 is 0 Å². The Kier molecular flexibility index (Phi) is 4.13. The summed E-state index contributed by atoms with van der Waals surface area (Å²) in [7, 11) is 1.63. The van der Waals surface area contributed by atoms with Gasteiger partial charge < -0.3 is 9.47 Å². The van der Waals surface area contributed by atoms with Crippen LogP contribution in [0.15, 0.2) is 36.5 Å². The minimum atomic E-state index is 0.389. The molecule has 0 unspecified atom stereocenters. The molecule has 0 atom stereocenters. The van der Waals surface area contributed by atoms with Crippen LogP contribution >= 0.6 is 0 Å². The monoisotopic (exact) mass is 257 g/mol. The van der Waals surface area contributed by atoms with Gasteiger partial charge in [-0.1, -0.05) is 11.6 Å². The van der Waals surface area contributed by atoms with E-state index in [0.29, 0.717) is 24.3 Å². The molecule has 19 heavy (non-hydrogen) atoms. The van der Waals surface area contributed by atoms with E-state index in [-0.39, 0.29) is 0 Å². The summed E-state index contributed by atoms with van der Waals surface area (Å²) in [4.78, 5) is 14.4. The summed E-state index contributed by atoms with van der Waals surface area (Å²) < 4.78 is 10.9. The van der Waals surface area contributed by atoms with Crippen molar-refractivity contribution in [2.75, 3.05) is 7.11 Å². The smallest absolute Gasteiger partial charge is 0.168 e. The van der Waals surface area contributed by atoms with Crippen molar-refractivity contribution >= 4 is 6.29 Å². The van der Waals surface area contributed by atoms with Gasteiger partial charge >= 0.3 is 0 Å². The maximum atomic E-state index is 10.5. The van der Waals surface area contributed by atoms with Crippen LogP contribution in [0.25, 0.3) is 0 Å². The van der Waals surface area contributed by atoms with Gasteiger partial charge in [0.1, 0.15) is 23.8 Å². The SMILES string of the molecule is COc1ccc(C)cc1COc1ccc(C=O)nc1. The number of aryl methyl sites for hydroxylation is 1. The lowest BCUT2D eigenvalue weighted by atomic mass is 10.1. The summed E-state index contributed by atoms with van der Waals surface area (Å²) in [5.41, 5.74) is 2.51. The Bertz CT molecular complexity index is 564. The van der Waals surface area contributed by atoms with E-state index in [1.807, 2.05) is 25.1 Å². The van der Waals surface area contributed by atoms with Crippen LogP contribution in [-0.4, -0.2) is 18.4 Å². The Morgan fingerprint density at radius 2 is 2.11 bits per heavy atom. The van der Waals surface area contributed by atoms with E-state index in [4.69, 9.17) is 9.47 Å². The standard InChI is InChI=1S/C15H15NO3/c1-11-3-6-15(18-2)12(7-11)10-19-14-5-4-13(9-17)16-8-14/h3-9H,10H2,1-2H3. The highest BCUT2D eigenvalue weighted by Crippen LogP contribution is 2.21. The largest absolute Gasteiger partial charge is 0.496 e. The molecular formula is C15H15NO3. The average Bonchev–Trinajstić information content (AvgIpc) is 2.46. The van der Waals surface area contributed by atoms with Crippen LogP contribution in [0.5, 0.6) is 11.5 Å². The van der Waals surface area contributed by atoms with Crippen LogP contribution < -0.4 is 9.47 Å². The minimum absolute atomic E-state index is 0.389. The lowest BCUT2D eigenvalue weighted by molar-refractivity contribution is 0.111. The second kappa shape index (κ2) is 6.00. The summed E-state index contributed by atoms with van der Waals surface area (Å²) in [5.74, 6) is 1.41. The zero-order chi connectivity index (χ0) is 13.7. The summed E-state index contributed by atoms with van der Waals surface area (Å²) in [6.07, 6.45) is 2.24. The predicted octanol–water partition coefficient (Wildman–Crippen LogP) is 2.79. The number of carbonyl (C=O) groups excluding carboxylic acids is 1. The molecule has 2 aromatic rings. The predicted molar refractivity (Wildman–Crippen MR) is 71.7 cm³/mol. The van der Waals surface area contributed by atoms with Crippen LogP contribution in [-0.2, 0) is 6.61 Å². The summed E-state index contributed by atoms with van der Waals surface area (Å²) in [6, 6.07) is 9.27. The van der Waals surface area contributed by atoms with E-state index in [0.717, 1.165) is 16.9 Å². The molecule has 0 saturated heterocycles. The molecule has 0 aliphatic rings. The molecular weight excluding hydrogens is 242 g/mol. The second-order valence-corrected chi connectivity index (χ2v) is 4.14. The Morgan fingerprint density at radius 3 is 2.74 bits per heavy atom. The molecule has 1 aromatic carbocycles. The van der Waals surface area contributed by atoms with E-state index >= 15 is 0 Å². The van der Waals surface area contributed by atoms with Gasteiger partial charge in [0.05, 0.1) is 13.3 Å². The van der Waals surface area contributed by atoms with Crippen molar-refractivity contribution in [2.24, 2.45) is 0 Å². The molecule has 1 heterocycles. The molecule has 1 aromatic heterocycles. The fraction of sp³-hybridized carbons (Fsp3) is 0.200. The van der Waals surface area contributed by atoms with Gasteiger partial charge in [-0.3, -0.25) is 4.79 Å². The van der Waals surface area contributed by atoms with Crippen molar-refractivity contribution in [1.82, 2.24) is 4.98 Å². The number of aromatic nitrogens is 1. The van der Waals surface area contributed by atoms with Crippen molar-refractivity contribution in [3.63, 3.8) is 0 Å². The number of methoxy groups -OCH3 is 1. The summed E-state index contributed by atoms with van der Waals surface area (Å²) in [6.45, 7) is 2.41. The van der Waals surface area contributed by atoms with Gasteiger partial charge in [0, 0.05) is 5.56 Å².